The first-order chi connectivity index (χ1) is 17.0. The summed E-state index contributed by atoms with van der Waals surface area (Å²) in [7, 11) is 1.71. The van der Waals surface area contributed by atoms with Crippen LogP contribution >= 0.6 is 0 Å². The van der Waals surface area contributed by atoms with Crippen molar-refractivity contribution in [1.82, 2.24) is 15.1 Å². The topological polar surface area (TPSA) is 114 Å². The molecule has 2 aromatic rings. The molecule has 1 aromatic carbocycles. The van der Waals surface area contributed by atoms with Crippen molar-refractivity contribution in [1.29, 1.82) is 0 Å². The van der Waals surface area contributed by atoms with Crippen molar-refractivity contribution in [2.24, 2.45) is 13.0 Å². The van der Waals surface area contributed by atoms with Gasteiger partial charge in [0.1, 0.15) is 11.7 Å². The van der Waals surface area contributed by atoms with Crippen LogP contribution in [0.4, 0.5) is 11.4 Å². The Kier molecular flexibility index (Phi) is 6.60. The summed E-state index contributed by atoms with van der Waals surface area (Å²) in [4.78, 5) is 39.3. The maximum Gasteiger partial charge on any atom is 0.270 e. The van der Waals surface area contributed by atoms with E-state index in [0.29, 0.717) is 37.4 Å². The van der Waals surface area contributed by atoms with Gasteiger partial charge in [0.05, 0.1) is 5.41 Å². The molecule has 9 nitrogen and oxygen atoms in total. The van der Waals surface area contributed by atoms with Gasteiger partial charge in [-0.25, -0.2) is 0 Å². The van der Waals surface area contributed by atoms with Gasteiger partial charge < -0.3 is 20.7 Å². The van der Waals surface area contributed by atoms with Crippen molar-refractivity contribution in [3.63, 3.8) is 0 Å². The van der Waals surface area contributed by atoms with Crippen LogP contribution in [0.3, 0.4) is 0 Å². The van der Waals surface area contributed by atoms with Crippen LogP contribution in [0.2, 0.25) is 0 Å². The molecule has 9 heteroatoms. The predicted molar refractivity (Wildman–Crippen MR) is 131 cm³/mol. The van der Waals surface area contributed by atoms with Gasteiger partial charge in [0.15, 0.2) is 0 Å². The minimum absolute atomic E-state index is 0.000880. The lowest BCUT2D eigenvalue weighted by molar-refractivity contribution is -0.124. The molecule has 3 heterocycles. The average molecular weight is 480 g/mol. The van der Waals surface area contributed by atoms with E-state index in [1.807, 2.05) is 18.2 Å². The lowest BCUT2D eigenvalue weighted by atomic mass is 9.75. The lowest BCUT2D eigenvalue weighted by Gasteiger charge is -2.31. The molecule has 3 N–H and O–H groups in total. The predicted octanol–water partition coefficient (Wildman–Crippen LogP) is 3.13. The largest absolute Gasteiger partial charge is 0.381 e. The molecule has 5 rings (SSSR count). The molecule has 3 aliphatic rings. The Morgan fingerprint density at radius 2 is 1.89 bits per heavy atom. The number of hydrogen-bond donors (Lipinski definition) is 3. The Labute approximate surface area is 205 Å². The van der Waals surface area contributed by atoms with Crippen LogP contribution in [0.5, 0.6) is 0 Å². The van der Waals surface area contributed by atoms with Gasteiger partial charge in [0, 0.05) is 37.8 Å². The number of hydrogen-bond acceptors (Lipinski definition) is 5. The summed E-state index contributed by atoms with van der Waals surface area (Å²) in [6.45, 7) is 1.12. The number of carbonyl (C=O) groups excluding carboxylic acids is 3. The van der Waals surface area contributed by atoms with Gasteiger partial charge in [-0.05, 0) is 55.4 Å². The highest BCUT2D eigenvalue weighted by atomic mass is 16.5. The first kappa shape index (κ1) is 23.5. The van der Waals surface area contributed by atoms with E-state index in [-0.39, 0.29) is 23.6 Å². The maximum atomic E-state index is 13.5. The molecule has 2 aliphatic heterocycles. The van der Waals surface area contributed by atoms with Gasteiger partial charge in [-0.15, -0.1) is 0 Å². The first-order valence-corrected chi connectivity index (χ1v) is 12.6. The van der Waals surface area contributed by atoms with Crippen LogP contribution in [-0.4, -0.2) is 46.8 Å². The highest BCUT2D eigenvalue weighted by molar-refractivity contribution is 6.07. The van der Waals surface area contributed by atoms with Crippen molar-refractivity contribution < 1.29 is 19.1 Å². The molecule has 3 amide bonds. The molecule has 2 fully saturated rings. The Morgan fingerprint density at radius 1 is 1.14 bits per heavy atom. The van der Waals surface area contributed by atoms with Gasteiger partial charge in [0.2, 0.25) is 11.8 Å². The van der Waals surface area contributed by atoms with Crippen molar-refractivity contribution in [3.8, 4) is 0 Å². The highest BCUT2D eigenvalue weighted by Gasteiger charge is 2.47. The van der Waals surface area contributed by atoms with E-state index in [1.165, 1.54) is 4.68 Å². The number of carbonyl (C=O) groups is 3. The number of fused-ring (bicyclic) bond motifs is 2. The second-order valence-electron chi connectivity index (χ2n) is 9.94. The van der Waals surface area contributed by atoms with Crippen molar-refractivity contribution in [3.05, 3.63) is 41.7 Å². The van der Waals surface area contributed by atoms with E-state index in [2.05, 4.69) is 21.0 Å². The van der Waals surface area contributed by atoms with Crippen LogP contribution in [0, 0.1) is 5.92 Å². The second kappa shape index (κ2) is 9.81. The highest BCUT2D eigenvalue weighted by Crippen LogP contribution is 2.45. The van der Waals surface area contributed by atoms with Gasteiger partial charge in [0.25, 0.3) is 5.91 Å². The van der Waals surface area contributed by atoms with Crippen LogP contribution in [0.1, 0.15) is 67.4 Å². The summed E-state index contributed by atoms with van der Waals surface area (Å²) in [6, 6.07) is 6.60. The molecule has 35 heavy (non-hydrogen) atoms. The Balaban J connectivity index is 1.36. The van der Waals surface area contributed by atoms with Crippen molar-refractivity contribution in [2.75, 3.05) is 23.8 Å². The van der Waals surface area contributed by atoms with Gasteiger partial charge in [-0.2, -0.15) is 5.10 Å². The number of benzene rings is 1. The van der Waals surface area contributed by atoms with Crippen LogP contribution in [-0.2, 0) is 26.8 Å². The number of aryl methyl sites for hydroxylation is 1. The number of nitrogens with one attached hydrogen (secondary N) is 3. The monoisotopic (exact) mass is 479 g/mol. The summed E-state index contributed by atoms with van der Waals surface area (Å²) >= 11 is 0. The molecule has 0 bridgehead atoms. The quantitative estimate of drug-likeness (QED) is 0.570. The number of ether oxygens (including phenoxy) is 1. The van der Waals surface area contributed by atoms with E-state index in [1.54, 1.807) is 19.3 Å². The first-order valence-electron chi connectivity index (χ1n) is 12.6. The molecule has 1 saturated heterocycles. The van der Waals surface area contributed by atoms with E-state index < -0.39 is 11.5 Å². The Morgan fingerprint density at radius 3 is 2.57 bits per heavy atom. The van der Waals surface area contributed by atoms with E-state index >= 15 is 0 Å². The Hall–Kier alpha value is -3.20. The van der Waals surface area contributed by atoms with E-state index in [0.717, 1.165) is 49.8 Å². The lowest BCUT2D eigenvalue weighted by Crippen LogP contribution is -2.48. The van der Waals surface area contributed by atoms with E-state index in [9.17, 15) is 14.4 Å². The molecule has 1 saturated carbocycles. The second-order valence-corrected chi connectivity index (χ2v) is 9.94. The summed E-state index contributed by atoms with van der Waals surface area (Å²) in [5, 5.41) is 13.1. The number of amides is 3. The molecule has 1 unspecified atom stereocenters. The fourth-order valence-corrected chi connectivity index (χ4v) is 5.80. The van der Waals surface area contributed by atoms with Crippen LogP contribution in [0.15, 0.2) is 30.5 Å². The molecular formula is C26H33N5O4. The van der Waals surface area contributed by atoms with Crippen LogP contribution < -0.4 is 16.0 Å². The van der Waals surface area contributed by atoms with E-state index in [4.69, 9.17) is 4.74 Å². The SMILES string of the molecule is Cn1nccc1C(=O)NC(C(=O)Nc1ccc2c(c1)NC(=O)C21CCOCC1)C1CCCCCC1. The van der Waals surface area contributed by atoms with Crippen molar-refractivity contribution in [2.45, 2.75) is 62.8 Å². The third kappa shape index (κ3) is 4.57. The number of aromatic nitrogens is 2. The summed E-state index contributed by atoms with van der Waals surface area (Å²) in [5.74, 6) is -0.483. The number of nitrogens with zero attached hydrogens (tertiary/aromatic N) is 2. The molecule has 0 radical (unpaired) electrons. The molecule has 1 aliphatic carbocycles. The standard InChI is InChI=1S/C26H33N5O4/c1-31-21(10-13-27-31)23(32)30-22(17-6-4-2-3-5-7-17)24(33)28-18-8-9-19-20(16-18)29-25(34)26(19)11-14-35-15-12-26/h8-10,13,16-17,22H,2-7,11-12,14-15H2,1H3,(H,28,33)(H,29,34)(H,30,32). The Bertz CT molecular complexity index is 1110. The summed E-state index contributed by atoms with van der Waals surface area (Å²) < 4.78 is 6.98. The average Bonchev–Trinajstić information content (AvgIpc) is 3.25. The summed E-state index contributed by atoms with van der Waals surface area (Å²) in [5.41, 5.74) is 2.18. The minimum Gasteiger partial charge on any atom is -0.381 e. The maximum absolute atomic E-state index is 13.5. The van der Waals surface area contributed by atoms with Gasteiger partial charge >= 0.3 is 0 Å². The normalized spacial score (nSPS) is 20.5. The van der Waals surface area contributed by atoms with Crippen LogP contribution in [0.25, 0.3) is 0 Å². The third-order valence-corrected chi connectivity index (χ3v) is 7.83. The smallest absolute Gasteiger partial charge is 0.270 e. The number of anilines is 2. The molecule has 1 aromatic heterocycles. The zero-order valence-electron chi connectivity index (χ0n) is 20.1. The molecule has 186 valence electrons. The zero-order valence-corrected chi connectivity index (χ0v) is 20.1. The van der Waals surface area contributed by atoms with Crippen molar-refractivity contribution >= 4 is 29.1 Å². The summed E-state index contributed by atoms with van der Waals surface area (Å²) in [6.07, 6.45) is 9.07. The van der Waals surface area contributed by atoms with Gasteiger partial charge in [-0.1, -0.05) is 31.7 Å². The number of rotatable bonds is 5. The van der Waals surface area contributed by atoms with Gasteiger partial charge in [-0.3, -0.25) is 19.1 Å². The molecule has 1 atom stereocenters. The third-order valence-electron chi connectivity index (χ3n) is 7.83. The fourth-order valence-electron chi connectivity index (χ4n) is 5.80. The molecule has 1 spiro atoms. The molecular weight excluding hydrogens is 446 g/mol. The fraction of sp³-hybridized carbons (Fsp3) is 0.538. The minimum atomic E-state index is -0.653. The zero-order chi connectivity index (χ0) is 24.4.